The number of phenols is 1. The summed E-state index contributed by atoms with van der Waals surface area (Å²) in [5.41, 5.74) is 3.00. The highest BCUT2D eigenvalue weighted by Crippen LogP contribution is 2.32. The number of allylic oxidation sites excluding steroid dienone is 1. The number of carbonyl (C=O) groups excluding carboxylic acids is 1. The van der Waals surface area contributed by atoms with Crippen molar-refractivity contribution in [1.29, 1.82) is 0 Å². The number of aromatic hydroxyl groups is 1. The van der Waals surface area contributed by atoms with Gasteiger partial charge in [0, 0.05) is 5.56 Å². The number of benzene rings is 2. The number of aryl methyl sites for hydroxylation is 2. The summed E-state index contributed by atoms with van der Waals surface area (Å²) in [5, 5.41) is 9.76. The Morgan fingerprint density at radius 1 is 1.09 bits per heavy atom. The maximum absolute atomic E-state index is 12.2. The molecule has 4 nitrogen and oxygen atoms in total. The van der Waals surface area contributed by atoms with Gasteiger partial charge >= 0.3 is 0 Å². The number of carbonyl (C=O) groups is 1. The van der Waals surface area contributed by atoms with Crippen molar-refractivity contribution in [3.8, 4) is 17.2 Å². The van der Waals surface area contributed by atoms with E-state index in [9.17, 15) is 9.90 Å². The Morgan fingerprint density at radius 3 is 2.50 bits per heavy atom. The van der Waals surface area contributed by atoms with E-state index in [0.717, 1.165) is 16.7 Å². The van der Waals surface area contributed by atoms with Crippen molar-refractivity contribution in [3.63, 3.8) is 0 Å². The molecule has 0 unspecified atom stereocenters. The van der Waals surface area contributed by atoms with Gasteiger partial charge in [-0.15, -0.1) is 0 Å². The zero-order chi connectivity index (χ0) is 15.7. The predicted molar refractivity (Wildman–Crippen MR) is 83.5 cm³/mol. The number of ether oxygens (including phenoxy) is 2. The van der Waals surface area contributed by atoms with E-state index in [2.05, 4.69) is 0 Å². The maximum atomic E-state index is 12.2. The third-order valence-corrected chi connectivity index (χ3v) is 3.60. The molecule has 0 saturated carbocycles. The Balaban J connectivity index is 1.82. The molecule has 1 N–H and O–H groups in total. The summed E-state index contributed by atoms with van der Waals surface area (Å²) in [7, 11) is 0. The first-order valence-corrected chi connectivity index (χ1v) is 6.97. The van der Waals surface area contributed by atoms with E-state index >= 15 is 0 Å². The van der Waals surface area contributed by atoms with E-state index in [1.165, 1.54) is 6.08 Å². The minimum Gasteiger partial charge on any atom is -0.507 e. The van der Waals surface area contributed by atoms with Gasteiger partial charge in [-0.2, -0.15) is 0 Å². The Morgan fingerprint density at radius 2 is 1.77 bits per heavy atom. The lowest BCUT2D eigenvalue weighted by molar-refractivity contribution is 0.104. The Bertz CT molecular complexity index is 752. The molecule has 0 saturated heterocycles. The summed E-state index contributed by atoms with van der Waals surface area (Å²) in [5.74, 6) is 1.43. The zero-order valence-corrected chi connectivity index (χ0v) is 12.4. The average Bonchev–Trinajstić information content (AvgIpc) is 2.97. The Kier molecular flexibility index (Phi) is 3.59. The van der Waals surface area contributed by atoms with Crippen LogP contribution >= 0.6 is 0 Å². The van der Waals surface area contributed by atoms with Crippen molar-refractivity contribution in [2.75, 3.05) is 6.79 Å². The zero-order valence-electron chi connectivity index (χ0n) is 12.4. The van der Waals surface area contributed by atoms with Crippen LogP contribution in [0.25, 0.3) is 6.08 Å². The molecule has 0 radical (unpaired) electrons. The third-order valence-electron chi connectivity index (χ3n) is 3.60. The van der Waals surface area contributed by atoms with E-state index in [1.54, 1.807) is 24.3 Å². The number of fused-ring (bicyclic) bond motifs is 1. The second kappa shape index (κ2) is 5.56. The van der Waals surface area contributed by atoms with Crippen molar-refractivity contribution in [3.05, 3.63) is 58.7 Å². The van der Waals surface area contributed by atoms with Crippen molar-refractivity contribution >= 4 is 11.9 Å². The maximum Gasteiger partial charge on any atom is 0.231 e. The largest absolute Gasteiger partial charge is 0.507 e. The second-order valence-electron chi connectivity index (χ2n) is 5.27. The first-order chi connectivity index (χ1) is 10.5. The topological polar surface area (TPSA) is 55.8 Å². The molecule has 0 fully saturated rings. The summed E-state index contributed by atoms with van der Waals surface area (Å²) < 4.78 is 10.5. The van der Waals surface area contributed by atoms with Gasteiger partial charge in [-0.05, 0) is 66.9 Å². The molecule has 112 valence electrons. The summed E-state index contributed by atoms with van der Waals surface area (Å²) in [6.07, 6.45) is 3.26. The van der Waals surface area contributed by atoms with E-state index in [0.29, 0.717) is 22.8 Å². The fourth-order valence-electron chi connectivity index (χ4n) is 2.40. The van der Waals surface area contributed by atoms with Gasteiger partial charge in [-0.3, -0.25) is 4.79 Å². The first-order valence-electron chi connectivity index (χ1n) is 6.97. The van der Waals surface area contributed by atoms with Crippen LogP contribution in [0.1, 0.15) is 27.0 Å². The smallest absolute Gasteiger partial charge is 0.231 e. The lowest BCUT2D eigenvalue weighted by Gasteiger charge is -2.04. The normalized spacial score (nSPS) is 12.8. The SMILES string of the molecule is Cc1cc(/C=C/C(=O)c2ccc3c(c2)OCO3)cc(C)c1O. The minimum absolute atomic E-state index is 0.110. The van der Waals surface area contributed by atoms with E-state index in [-0.39, 0.29) is 12.6 Å². The Hall–Kier alpha value is -2.75. The van der Waals surface area contributed by atoms with E-state index in [1.807, 2.05) is 26.0 Å². The highest BCUT2D eigenvalue weighted by atomic mass is 16.7. The molecular formula is C18H16O4. The van der Waals surface area contributed by atoms with Gasteiger partial charge in [-0.25, -0.2) is 0 Å². The minimum atomic E-state index is -0.110. The van der Waals surface area contributed by atoms with Gasteiger partial charge in [0.05, 0.1) is 0 Å². The van der Waals surface area contributed by atoms with Crippen LogP contribution in [-0.4, -0.2) is 17.7 Å². The fraction of sp³-hybridized carbons (Fsp3) is 0.167. The molecular weight excluding hydrogens is 280 g/mol. The third kappa shape index (κ3) is 2.68. The molecule has 3 rings (SSSR count). The van der Waals surface area contributed by atoms with Gasteiger partial charge < -0.3 is 14.6 Å². The van der Waals surface area contributed by atoms with Crippen LogP contribution in [0.15, 0.2) is 36.4 Å². The molecule has 0 atom stereocenters. The molecule has 1 aliphatic heterocycles. The van der Waals surface area contributed by atoms with Gasteiger partial charge in [0.1, 0.15) is 5.75 Å². The van der Waals surface area contributed by atoms with Crippen molar-refractivity contribution in [2.24, 2.45) is 0 Å². The lowest BCUT2D eigenvalue weighted by Crippen LogP contribution is -1.94. The predicted octanol–water partition coefficient (Wildman–Crippen LogP) is 3.63. The molecule has 22 heavy (non-hydrogen) atoms. The molecule has 0 amide bonds. The molecule has 1 heterocycles. The van der Waals surface area contributed by atoms with Crippen LogP contribution in [0.4, 0.5) is 0 Å². The van der Waals surface area contributed by atoms with Crippen LogP contribution in [0, 0.1) is 13.8 Å². The molecule has 1 aliphatic rings. The van der Waals surface area contributed by atoms with Crippen LogP contribution in [-0.2, 0) is 0 Å². The van der Waals surface area contributed by atoms with Gasteiger partial charge in [0.25, 0.3) is 0 Å². The fourth-order valence-corrected chi connectivity index (χ4v) is 2.40. The second-order valence-corrected chi connectivity index (χ2v) is 5.27. The standard InChI is InChI=1S/C18H16O4/c1-11-7-13(8-12(2)18(11)20)3-5-15(19)14-4-6-16-17(9-14)22-10-21-16/h3-9,20H,10H2,1-2H3/b5-3+. The van der Waals surface area contributed by atoms with Crippen molar-refractivity contribution < 1.29 is 19.4 Å². The van der Waals surface area contributed by atoms with Crippen LogP contribution in [0.3, 0.4) is 0 Å². The summed E-state index contributed by atoms with van der Waals surface area (Å²) in [6.45, 7) is 3.85. The number of hydrogen-bond donors (Lipinski definition) is 1. The number of phenolic OH excluding ortho intramolecular Hbond substituents is 1. The molecule has 0 spiro atoms. The van der Waals surface area contributed by atoms with Gasteiger partial charge in [0.15, 0.2) is 17.3 Å². The molecule has 0 aliphatic carbocycles. The summed E-state index contributed by atoms with van der Waals surface area (Å²) in [6, 6.07) is 8.81. The molecule has 0 bridgehead atoms. The summed E-state index contributed by atoms with van der Waals surface area (Å²) >= 11 is 0. The molecule has 0 aromatic heterocycles. The van der Waals surface area contributed by atoms with Crippen LogP contribution in [0.5, 0.6) is 17.2 Å². The highest BCUT2D eigenvalue weighted by Gasteiger charge is 2.15. The molecule has 2 aromatic rings. The number of ketones is 1. The number of rotatable bonds is 3. The van der Waals surface area contributed by atoms with Gasteiger partial charge in [-0.1, -0.05) is 6.08 Å². The highest BCUT2D eigenvalue weighted by molar-refractivity contribution is 6.07. The molecule has 4 heteroatoms. The van der Waals surface area contributed by atoms with Crippen molar-refractivity contribution in [1.82, 2.24) is 0 Å². The quantitative estimate of drug-likeness (QED) is 0.694. The molecule has 2 aromatic carbocycles. The van der Waals surface area contributed by atoms with Crippen molar-refractivity contribution in [2.45, 2.75) is 13.8 Å². The van der Waals surface area contributed by atoms with Crippen LogP contribution in [0.2, 0.25) is 0 Å². The van der Waals surface area contributed by atoms with E-state index < -0.39 is 0 Å². The Labute approximate surface area is 128 Å². The number of hydrogen-bond acceptors (Lipinski definition) is 4. The summed E-state index contributed by atoms with van der Waals surface area (Å²) in [4.78, 5) is 12.2. The monoisotopic (exact) mass is 296 g/mol. The van der Waals surface area contributed by atoms with Crippen LogP contribution < -0.4 is 9.47 Å². The lowest BCUT2D eigenvalue weighted by atomic mass is 10.0. The first kappa shape index (κ1) is 14.2. The average molecular weight is 296 g/mol. The van der Waals surface area contributed by atoms with E-state index in [4.69, 9.17) is 9.47 Å². The van der Waals surface area contributed by atoms with Gasteiger partial charge in [0.2, 0.25) is 6.79 Å².